The number of carbonyl (C=O) groups is 2. The highest BCUT2D eigenvalue weighted by Crippen LogP contribution is 2.35. The summed E-state index contributed by atoms with van der Waals surface area (Å²) >= 11 is 1.49. The molecule has 1 aliphatic rings. The Hall–Kier alpha value is -2.41. The van der Waals surface area contributed by atoms with E-state index in [-0.39, 0.29) is 25.2 Å². The zero-order chi connectivity index (χ0) is 16.4. The molecule has 1 amide bonds. The number of hydrogen-bond donors (Lipinski definition) is 0. The fraction of sp³-hybridized carbons (Fsp3) is 0.312. The first-order chi connectivity index (χ1) is 11.0. The molecule has 0 saturated carbocycles. The van der Waals surface area contributed by atoms with Gasteiger partial charge in [0.25, 0.3) is 5.91 Å². The van der Waals surface area contributed by atoms with Crippen molar-refractivity contribution in [1.29, 1.82) is 0 Å². The van der Waals surface area contributed by atoms with Crippen LogP contribution in [0.5, 0.6) is 5.75 Å². The van der Waals surface area contributed by atoms with E-state index in [2.05, 4.69) is 4.98 Å². The fourth-order valence-electron chi connectivity index (χ4n) is 2.32. The van der Waals surface area contributed by atoms with Gasteiger partial charge in [-0.2, -0.15) is 0 Å². The number of benzene rings is 1. The van der Waals surface area contributed by atoms with Crippen molar-refractivity contribution in [3.63, 3.8) is 0 Å². The van der Waals surface area contributed by atoms with E-state index in [0.29, 0.717) is 11.4 Å². The number of fused-ring (bicyclic) bond motifs is 1. The molecule has 7 heteroatoms. The van der Waals surface area contributed by atoms with Crippen molar-refractivity contribution in [2.24, 2.45) is 0 Å². The molecule has 0 saturated heterocycles. The van der Waals surface area contributed by atoms with Crippen molar-refractivity contribution in [1.82, 2.24) is 4.98 Å². The van der Waals surface area contributed by atoms with Gasteiger partial charge in [0, 0.05) is 10.9 Å². The molecule has 120 valence electrons. The topological polar surface area (TPSA) is 68.7 Å². The summed E-state index contributed by atoms with van der Waals surface area (Å²) in [4.78, 5) is 29.7. The van der Waals surface area contributed by atoms with Crippen LogP contribution in [0.4, 0.5) is 5.69 Å². The van der Waals surface area contributed by atoms with E-state index in [1.807, 2.05) is 17.5 Å². The number of esters is 1. The molecule has 3 rings (SSSR count). The molecule has 0 unspecified atom stereocenters. The molecule has 0 bridgehead atoms. The van der Waals surface area contributed by atoms with E-state index < -0.39 is 5.97 Å². The number of carbonyl (C=O) groups excluding carboxylic acids is 2. The van der Waals surface area contributed by atoms with Gasteiger partial charge in [-0.1, -0.05) is 0 Å². The first kappa shape index (κ1) is 15.5. The highest BCUT2D eigenvalue weighted by Gasteiger charge is 2.28. The van der Waals surface area contributed by atoms with Gasteiger partial charge in [0.1, 0.15) is 12.3 Å². The summed E-state index contributed by atoms with van der Waals surface area (Å²) in [6, 6.07) is 5.48. The number of rotatable bonds is 4. The second kappa shape index (κ2) is 6.37. The van der Waals surface area contributed by atoms with Crippen LogP contribution in [0, 0.1) is 0 Å². The van der Waals surface area contributed by atoms with Crippen LogP contribution >= 0.6 is 11.3 Å². The van der Waals surface area contributed by atoms with E-state index in [0.717, 1.165) is 11.3 Å². The van der Waals surface area contributed by atoms with Gasteiger partial charge in [0.15, 0.2) is 6.61 Å². The van der Waals surface area contributed by atoms with Gasteiger partial charge in [0.05, 0.1) is 23.0 Å². The van der Waals surface area contributed by atoms with Crippen molar-refractivity contribution in [2.45, 2.75) is 20.0 Å². The van der Waals surface area contributed by atoms with Crippen LogP contribution in [0.2, 0.25) is 0 Å². The lowest BCUT2D eigenvalue weighted by Gasteiger charge is -2.29. The van der Waals surface area contributed by atoms with E-state index >= 15 is 0 Å². The summed E-state index contributed by atoms with van der Waals surface area (Å²) in [6.07, 6.45) is -0.223. The molecule has 0 atom stereocenters. The number of ether oxygens (including phenoxy) is 2. The van der Waals surface area contributed by atoms with Crippen LogP contribution in [0.3, 0.4) is 0 Å². The minimum atomic E-state index is -0.444. The van der Waals surface area contributed by atoms with Crippen LogP contribution < -0.4 is 9.64 Å². The third kappa shape index (κ3) is 3.34. The number of amides is 1. The quantitative estimate of drug-likeness (QED) is 0.805. The molecular formula is C16H16N2O4S. The number of aromatic nitrogens is 1. The van der Waals surface area contributed by atoms with Gasteiger partial charge in [0.2, 0.25) is 0 Å². The first-order valence-electron chi connectivity index (χ1n) is 7.20. The van der Waals surface area contributed by atoms with E-state index in [4.69, 9.17) is 9.47 Å². The molecule has 1 aromatic heterocycles. The molecule has 1 aromatic carbocycles. The average molecular weight is 332 g/mol. The second-order valence-electron chi connectivity index (χ2n) is 5.36. The summed E-state index contributed by atoms with van der Waals surface area (Å²) in [5, 5.41) is 1.92. The van der Waals surface area contributed by atoms with Gasteiger partial charge < -0.3 is 9.47 Å². The molecule has 0 spiro atoms. The molecule has 1 aliphatic heterocycles. The van der Waals surface area contributed by atoms with E-state index in [1.165, 1.54) is 16.2 Å². The average Bonchev–Trinajstić information content (AvgIpc) is 3.03. The van der Waals surface area contributed by atoms with E-state index in [1.54, 1.807) is 25.4 Å². The van der Waals surface area contributed by atoms with Crippen molar-refractivity contribution in [3.05, 3.63) is 29.1 Å². The Bertz CT molecular complexity index is 728. The van der Waals surface area contributed by atoms with Crippen molar-refractivity contribution in [3.8, 4) is 17.0 Å². The molecule has 2 heterocycles. The summed E-state index contributed by atoms with van der Waals surface area (Å²) in [5.74, 6) is -0.144. The van der Waals surface area contributed by atoms with Gasteiger partial charge >= 0.3 is 5.97 Å². The molecule has 0 fully saturated rings. The summed E-state index contributed by atoms with van der Waals surface area (Å²) in [6.45, 7) is 3.33. The third-order valence-corrected chi connectivity index (χ3v) is 3.87. The largest absolute Gasteiger partial charge is 0.482 e. The lowest BCUT2D eigenvalue weighted by molar-refractivity contribution is -0.146. The molecule has 6 nitrogen and oxygen atoms in total. The zero-order valence-electron chi connectivity index (χ0n) is 12.8. The van der Waals surface area contributed by atoms with Crippen LogP contribution in [0.1, 0.15) is 13.8 Å². The molecule has 0 aliphatic carbocycles. The molecule has 0 radical (unpaired) electrons. The zero-order valence-corrected chi connectivity index (χ0v) is 13.6. The minimum absolute atomic E-state index is 0.0853. The Kier molecular flexibility index (Phi) is 4.29. The van der Waals surface area contributed by atoms with Crippen molar-refractivity contribution < 1.29 is 19.1 Å². The summed E-state index contributed by atoms with van der Waals surface area (Å²) < 4.78 is 10.6. The number of thiazole rings is 1. The SMILES string of the molecule is CC(C)OC(=O)CN1C(=O)COc2ccc(-c3cscn3)cc21. The fourth-order valence-corrected chi connectivity index (χ4v) is 2.88. The number of anilines is 1. The minimum Gasteiger partial charge on any atom is -0.482 e. The summed E-state index contributed by atoms with van der Waals surface area (Å²) in [7, 11) is 0. The Labute approximate surface area is 137 Å². The first-order valence-corrected chi connectivity index (χ1v) is 8.14. The highest BCUT2D eigenvalue weighted by molar-refractivity contribution is 7.07. The highest BCUT2D eigenvalue weighted by atomic mass is 32.1. The van der Waals surface area contributed by atoms with E-state index in [9.17, 15) is 9.59 Å². The predicted molar refractivity (Wildman–Crippen MR) is 86.6 cm³/mol. The Balaban J connectivity index is 1.91. The molecular weight excluding hydrogens is 316 g/mol. The van der Waals surface area contributed by atoms with Gasteiger partial charge in [-0.25, -0.2) is 4.98 Å². The maximum absolute atomic E-state index is 12.2. The van der Waals surface area contributed by atoms with Gasteiger partial charge in [-0.05, 0) is 32.0 Å². The molecule has 0 N–H and O–H groups in total. The second-order valence-corrected chi connectivity index (χ2v) is 6.08. The van der Waals surface area contributed by atoms with Gasteiger partial charge in [-0.15, -0.1) is 11.3 Å². The maximum Gasteiger partial charge on any atom is 0.326 e. The predicted octanol–water partition coefficient (Wildman–Crippen LogP) is 2.49. The standard InChI is InChI=1S/C16H16N2O4S/c1-10(2)22-16(20)6-18-13-5-11(12-8-23-9-17-12)3-4-14(13)21-7-15(18)19/h3-5,8-10H,6-7H2,1-2H3. The number of nitrogens with zero attached hydrogens (tertiary/aromatic N) is 2. The Morgan fingerprint density at radius 1 is 1.48 bits per heavy atom. The molecule has 23 heavy (non-hydrogen) atoms. The Morgan fingerprint density at radius 2 is 2.30 bits per heavy atom. The lowest BCUT2D eigenvalue weighted by Crippen LogP contribution is -2.42. The van der Waals surface area contributed by atoms with Crippen LogP contribution in [0.15, 0.2) is 29.1 Å². The monoisotopic (exact) mass is 332 g/mol. The molecule has 2 aromatic rings. The van der Waals surface area contributed by atoms with Crippen molar-refractivity contribution in [2.75, 3.05) is 18.1 Å². The van der Waals surface area contributed by atoms with Crippen molar-refractivity contribution >= 4 is 28.9 Å². The third-order valence-electron chi connectivity index (χ3n) is 3.28. The van der Waals surface area contributed by atoms with Crippen LogP contribution in [0.25, 0.3) is 11.3 Å². The maximum atomic E-state index is 12.2. The lowest BCUT2D eigenvalue weighted by atomic mass is 10.1. The smallest absolute Gasteiger partial charge is 0.326 e. The normalized spacial score (nSPS) is 13.7. The van der Waals surface area contributed by atoms with Crippen LogP contribution in [-0.4, -0.2) is 36.1 Å². The van der Waals surface area contributed by atoms with Crippen LogP contribution in [-0.2, 0) is 14.3 Å². The Morgan fingerprint density at radius 3 is 3.00 bits per heavy atom. The summed E-state index contributed by atoms with van der Waals surface area (Å²) in [5.41, 5.74) is 3.99. The van der Waals surface area contributed by atoms with Gasteiger partial charge in [-0.3, -0.25) is 14.5 Å². The number of hydrogen-bond acceptors (Lipinski definition) is 6.